The number of anilines is 1. The standard InChI is InChI=1S/C19H21N5O/c25-19(15-7-9-16(10-8-15)23-14-4-12-20-23)22-18-11-13-21-24(18)17-5-2-1-3-6-17/h4,7-14,17H,1-3,5-6H2,(H,22,25). The first-order valence-electron chi connectivity index (χ1n) is 8.76. The second kappa shape index (κ2) is 6.93. The van der Waals surface area contributed by atoms with Crippen LogP contribution in [0.1, 0.15) is 48.5 Å². The zero-order valence-corrected chi connectivity index (χ0v) is 14.0. The maximum absolute atomic E-state index is 12.6. The summed E-state index contributed by atoms with van der Waals surface area (Å²) in [4.78, 5) is 12.6. The number of aromatic nitrogens is 4. The zero-order chi connectivity index (χ0) is 17.1. The van der Waals surface area contributed by atoms with E-state index in [0.29, 0.717) is 11.6 Å². The van der Waals surface area contributed by atoms with Crippen LogP contribution in [0, 0.1) is 0 Å². The summed E-state index contributed by atoms with van der Waals surface area (Å²) >= 11 is 0. The van der Waals surface area contributed by atoms with Gasteiger partial charge in [-0.25, -0.2) is 9.36 Å². The van der Waals surface area contributed by atoms with E-state index in [1.165, 1.54) is 19.3 Å². The van der Waals surface area contributed by atoms with Gasteiger partial charge in [0.2, 0.25) is 0 Å². The van der Waals surface area contributed by atoms with Gasteiger partial charge in [-0.1, -0.05) is 19.3 Å². The zero-order valence-electron chi connectivity index (χ0n) is 14.0. The minimum Gasteiger partial charge on any atom is -0.307 e. The predicted molar refractivity (Wildman–Crippen MR) is 95.9 cm³/mol. The van der Waals surface area contributed by atoms with Gasteiger partial charge in [0.25, 0.3) is 5.91 Å². The van der Waals surface area contributed by atoms with Crippen molar-refractivity contribution < 1.29 is 4.79 Å². The molecule has 3 aromatic rings. The molecule has 1 amide bonds. The molecule has 0 unspecified atom stereocenters. The lowest BCUT2D eigenvalue weighted by molar-refractivity contribution is 0.102. The van der Waals surface area contributed by atoms with Gasteiger partial charge in [-0.05, 0) is 43.2 Å². The van der Waals surface area contributed by atoms with Crippen molar-refractivity contribution in [3.63, 3.8) is 0 Å². The molecule has 1 aliphatic carbocycles. The molecule has 1 aromatic carbocycles. The van der Waals surface area contributed by atoms with Crippen molar-refractivity contribution in [1.82, 2.24) is 19.6 Å². The molecule has 25 heavy (non-hydrogen) atoms. The highest BCUT2D eigenvalue weighted by atomic mass is 16.1. The molecule has 2 heterocycles. The summed E-state index contributed by atoms with van der Waals surface area (Å²) in [5.74, 6) is 0.651. The third-order valence-electron chi connectivity index (χ3n) is 4.73. The minimum atomic E-state index is -0.121. The molecule has 4 rings (SSSR count). The summed E-state index contributed by atoms with van der Waals surface area (Å²) in [6.45, 7) is 0. The molecule has 6 nitrogen and oxygen atoms in total. The van der Waals surface area contributed by atoms with Crippen molar-refractivity contribution in [2.45, 2.75) is 38.1 Å². The van der Waals surface area contributed by atoms with Gasteiger partial charge in [0.05, 0.1) is 17.9 Å². The number of hydrogen-bond acceptors (Lipinski definition) is 3. The van der Waals surface area contributed by atoms with Crippen LogP contribution in [0.4, 0.5) is 5.82 Å². The van der Waals surface area contributed by atoms with Crippen molar-refractivity contribution in [1.29, 1.82) is 0 Å². The van der Waals surface area contributed by atoms with Gasteiger partial charge in [0, 0.05) is 24.0 Å². The third kappa shape index (κ3) is 3.33. The van der Waals surface area contributed by atoms with Crippen molar-refractivity contribution >= 4 is 11.7 Å². The van der Waals surface area contributed by atoms with Crippen LogP contribution in [0.3, 0.4) is 0 Å². The van der Waals surface area contributed by atoms with Gasteiger partial charge in [-0.2, -0.15) is 10.2 Å². The van der Waals surface area contributed by atoms with E-state index in [1.54, 1.807) is 17.1 Å². The number of amides is 1. The topological polar surface area (TPSA) is 64.7 Å². The third-order valence-corrected chi connectivity index (χ3v) is 4.73. The summed E-state index contributed by atoms with van der Waals surface area (Å²) in [5, 5.41) is 11.6. The van der Waals surface area contributed by atoms with E-state index in [4.69, 9.17) is 0 Å². The number of hydrogen-bond donors (Lipinski definition) is 1. The number of rotatable bonds is 4. The Kier molecular flexibility index (Phi) is 4.33. The van der Waals surface area contributed by atoms with Crippen molar-refractivity contribution in [2.24, 2.45) is 0 Å². The highest BCUT2D eigenvalue weighted by Gasteiger charge is 2.19. The van der Waals surface area contributed by atoms with Crippen molar-refractivity contribution in [3.05, 3.63) is 60.6 Å². The molecule has 6 heteroatoms. The van der Waals surface area contributed by atoms with Crippen molar-refractivity contribution in [2.75, 3.05) is 5.32 Å². The lowest BCUT2D eigenvalue weighted by Gasteiger charge is -2.23. The van der Waals surface area contributed by atoms with Gasteiger partial charge in [-0.15, -0.1) is 0 Å². The summed E-state index contributed by atoms with van der Waals surface area (Å²) in [5.41, 5.74) is 1.54. The number of carbonyl (C=O) groups excluding carboxylic acids is 1. The van der Waals surface area contributed by atoms with Crippen LogP contribution in [0.2, 0.25) is 0 Å². The normalized spacial score (nSPS) is 15.2. The molecule has 1 saturated carbocycles. The Balaban J connectivity index is 1.48. The van der Waals surface area contributed by atoms with Crippen LogP contribution in [-0.2, 0) is 0 Å². The molecule has 2 aromatic heterocycles. The average Bonchev–Trinajstić information content (AvgIpc) is 3.35. The van der Waals surface area contributed by atoms with Crippen LogP contribution in [-0.4, -0.2) is 25.5 Å². The van der Waals surface area contributed by atoms with Gasteiger partial charge in [0.15, 0.2) is 0 Å². The van der Waals surface area contributed by atoms with Crippen LogP contribution in [0.15, 0.2) is 55.0 Å². The highest BCUT2D eigenvalue weighted by Crippen LogP contribution is 2.30. The fraction of sp³-hybridized carbons (Fsp3) is 0.316. The van der Waals surface area contributed by atoms with Crippen LogP contribution in [0.5, 0.6) is 0 Å². The van der Waals surface area contributed by atoms with Gasteiger partial charge >= 0.3 is 0 Å². The largest absolute Gasteiger partial charge is 0.307 e. The SMILES string of the molecule is O=C(Nc1ccnn1C1CCCCC1)c1ccc(-n2cccn2)cc1. The molecule has 0 radical (unpaired) electrons. The Morgan fingerprint density at radius 3 is 2.52 bits per heavy atom. The molecule has 1 N–H and O–H groups in total. The quantitative estimate of drug-likeness (QED) is 0.788. The number of nitrogens with zero attached hydrogens (tertiary/aromatic N) is 4. The molecule has 1 aliphatic rings. The first kappa shape index (κ1) is 15.6. The van der Waals surface area contributed by atoms with E-state index in [1.807, 2.05) is 47.3 Å². The van der Waals surface area contributed by atoms with E-state index in [9.17, 15) is 4.79 Å². The van der Waals surface area contributed by atoms with Crippen LogP contribution >= 0.6 is 0 Å². The lowest BCUT2D eigenvalue weighted by atomic mass is 9.96. The molecule has 1 fully saturated rings. The number of nitrogens with one attached hydrogen (secondary N) is 1. The second-order valence-corrected chi connectivity index (χ2v) is 6.40. The molecule has 0 spiro atoms. The molecular weight excluding hydrogens is 314 g/mol. The first-order chi connectivity index (χ1) is 12.3. The molecule has 128 valence electrons. The smallest absolute Gasteiger partial charge is 0.256 e. The fourth-order valence-electron chi connectivity index (χ4n) is 3.41. The number of benzene rings is 1. The van der Waals surface area contributed by atoms with E-state index in [-0.39, 0.29) is 5.91 Å². The van der Waals surface area contributed by atoms with Gasteiger partial charge in [-0.3, -0.25) is 4.79 Å². The minimum absolute atomic E-state index is 0.121. The Hall–Kier alpha value is -2.89. The maximum Gasteiger partial charge on any atom is 0.256 e. The van der Waals surface area contributed by atoms with Crippen molar-refractivity contribution in [3.8, 4) is 5.69 Å². The van der Waals surface area contributed by atoms with Gasteiger partial charge in [0.1, 0.15) is 5.82 Å². The van der Waals surface area contributed by atoms with Crippen LogP contribution in [0.25, 0.3) is 5.69 Å². The number of carbonyl (C=O) groups is 1. The van der Waals surface area contributed by atoms with E-state index < -0.39 is 0 Å². The van der Waals surface area contributed by atoms with Crippen LogP contribution < -0.4 is 5.32 Å². The first-order valence-corrected chi connectivity index (χ1v) is 8.76. The summed E-state index contributed by atoms with van der Waals surface area (Å²) < 4.78 is 3.73. The van der Waals surface area contributed by atoms with E-state index in [0.717, 1.165) is 24.3 Å². The summed E-state index contributed by atoms with van der Waals surface area (Å²) in [6, 6.07) is 11.5. The maximum atomic E-state index is 12.6. The molecule has 0 atom stereocenters. The predicted octanol–water partition coefficient (Wildman–Crippen LogP) is 3.83. The summed E-state index contributed by atoms with van der Waals surface area (Å²) in [6.07, 6.45) is 11.4. The monoisotopic (exact) mass is 335 g/mol. The Bertz CT molecular complexity index is 829. The molecule has 0 saturated heterocycles. The Morgan fingerprint density at radius 2 is 1.80 bits per heavy atom. The molecular formula is C19H21N5O. The lowest BCUT2D eigenvalue weighted by Crippen LogP contribution is -2.20. The summed E-state index contributed by atoms with van der Waals surface area (Å²) in [7, 11) is 0. The average molecular weight is 335 g/mol. The van der Waals surface area contributed by atoms with E-state index >= 15 is 0 Å². The Morgan fingerprint density at radius 1 is 1.00 bits per heavy atom. The fourth-order valence-corrected chi connectivity index (χ4v) is 3.41. The molecule has 0 bridgehead atoms. The second-order valence-electron chi connectivity index (χ2n) is 6.40. The highest BCUT2D eigenvalue weighted by molar-refractivity contribution is 6.03. The van der Waals surface area contributed by atoms with E-state index in [2.05, 4.69) is 15.5 Å². The Labute approximate surface area is 146 Å². The molecule has 0 aliphatic heterocycles. The van der Waals surface area contributed by atoms with Gasteiger partial charge < -0.3 is 5.32 Å².